The van der Waals surface area contributed by atoms with Crippen molar-refractivity contribution < 1.29 is 18.7 Å². The minimum atomic E-state index is -0.617. The second-order valence-corrected chi connectivity index (χ2v) is 7.45. The predicted molar refractivity (Wildman–Crippen MR) is 102 cm³/mol. The molecule has 1 aromatic heterocycles. The number of aromatic nitrogens is 1. The molecule has 0 N–H and O–H groups in total. The van der Waals surface area contributed by atoms with Crippen LogP contribution in [-0.2, 0) is 9.53 Å². The Labute approximate surface area is 162 Å². The van der Waals surface area contributed by atoms with Crippen LogP contribution in [0.4, 0.5) is 10.1 Å². The lowest BCUT2D eigenvalue weighted by molar-refractivity contribution is -0.144. The fraction of sp³-hybridized carbons (Fsp3) is 0.381. The molecule has 6 nitrogen and oxygen atoms in total. The van der Waals surface area contributed by atoms with E-state index in [0.29, 0.717) is 30.9 Å². The number of amides is 2. The zero-order valence-corrected chi connectivity index (χ0v) is 15.7. The smallest absolute Gasteiger partial charge is 0.255 e. The van der Waals surface area contributed by atoms with Crippen molar-refractivity contribution in [3.63, 3.8) is 0 Å². The van der Waals surface area contributed by atoms with Crippen molar-refractivity contribution in [2.24, 2.45) is 0 Å². The van der Waals surface area contributed by atoms with Gasteiger partial charge in [-0.1, -0.05) is 0 Å². The molecule has 0 bridgehead atoms. The molecule has 2 saturated heterocycles. The van der Waals surface area contributed by atoms with E-state index in [1.807, 2.05) is 13.0 Å². The number of likely N-dealkylation sites (tertiary alicyclic amines) is 1. The topological polar surface area (TPSA) is 62.7 Å². The summed E-state index contributed by atoms with van der Waals surface area (Å²) in [5.74, 6) is -0.593. The van der Waals surface area contributed by atoms with Gasteiger partial charge in [0.15, 0.2) is 0 Å². The quantitative estimate of drug-likeness (QED) is 0.800. The van der Waals surface area contributed by atoms with Crippen molar-refractivity contribution in [3.8, 4) is 0 Å². The first kappa shape index (κ1) is 18.6. The second kappa shape index (κ2) is 7.31. The molecule has 2 fully saturated rings. The van der Waals surface area contributed by atoms with Gasteiger partial charge >= 0.3 is 0 Å². The standard InChI is InChI=1S/C21H22FN3O3/c1-15-3-4-16(11-23-15)20(27)24-10-2-9-21(13-24)14-25(19(26)12-28-21)18-7-5-17(22)6-8-18/h3-8,11H,2,9-10,12-14H2,1H3. The maximum absolute atomic E-state index is 13.2. The second-order valence-electron chi connectivity index (χ2n) is 7.45. The highest BCUT2D eigenvalue weighted by Gasteiger charge is 2.44. The number of benzene rings is 1. The van der Waals surface area contributed by atoms with E-state index in [-0.39, 0.29) is 24.2 Å². The third kappa shape index (κ3) is 3.62. The maximum atomic E-state index is 13.2. The van der Waals surface area contributed by atoms with Gasteiger partial charge in [-0.05, 0) is 56.2 Å². The fourth-order valence-corrected chi connectivity index (χ4v) is 3.87. The first-order chi connectivity index (χ1) is 13.5. The van der Waals surface area contributed by atoms with Crippen molar-refractivity contribution in [1.82, 2.24) is 9.88 Å². The highest BCUT2D eigenvalue weighted by atomic mass is 19.1. The zero-order valence-electron chi connectivity index (χ0n) is 15.7. The predicted octanol–water partition coefficient (Wildman–Crippen LogP) is 2.57. The average molecular weight is 383 g/mol. The molecule has 146 valence electrons. The van der Waals surface area contributed by atoms with Crippen LogP contribution in [0.2, 0.25) is 0 Å². The molecule has 1 aromatic carbocycles. The van der Waals surface area contributed by atoms with Crippen LogP contribution < -0.4 is 4.90 Å². The summed E-state index contributed by atoms with van der Waals surface area (Å²) >= 11 is 0. The number of rotatable bonds is 2. The Balaban J connectivity index is 1.53. The number of hydrogen-bond acceptors (Lipinski definition) is 4. The van der Waals surface area contributed by atoms with Gasteiger partial charge in [-0.2, -0.15) is 0 Å². The number of hydrogen-bond donors (Lipinski definition) is 0. The van der Waals surface area contributed by atoms with Crippen molar-refractivity contribution in [2.75, 3.05) is 31.1 Å². The lowest BCUT2D eigenvalue weighted by Gasteiger charge is -2.47. The highest BCUT2D eigenvalue weighted by Crippen LogP contribution is 2.32. The average Bonchev–Trinajstić information content (AvgIpc) is 2.71. The summed E-state index contributed by atoms with van der Waals surface area (Å²) in [5.41, 5.74) is 1.43. The summed E-state index contributed by atoms with van der Waals surface area (Å²) in [6, 6.07) is 9.46. The number of piperidine rings is 1. The van der Waals surface area contributed by atoms with E-state index >= 15 is 0 Å². The summed E-state index contributed by atoms with van der Waals surface area (Å²) < 4.78 is 19.2. The number of pyridine rings is 1. The molecule has 0 aliphatic carbocycles. The van der Waals surface area contributed by atoms with E-state index in [2.05, 4.69) is 4.98 Å². The van der Waals surface area contributed by atoms with Gasteiger partial charge < -0.3 is 14.5 Å². The number of ether oxygens (including phenoxy) is 1. The Bertz CT molecular complexity index is 885. The third-order valence-electron chi connectivity index (χ3n) is 5.37. The van der Waals surface area contributed by atoms with E-state index < -0.39 is 5.60 Å². The fourth-order valence-electron chi connectivity index (χ4n) is 3.87. The molecule has 7 heteroatoms. The molecule has 1 unspecified atom stereocenters. The van der Waals surface area contributed by atoms with Crippen molar-refractivity contribution in [1.29, 1.82) is 0 Å². The number of carbonyl (C=O) groups is 2. The van der Waals surface area contributed by atoms with E-state index in [4.69, 9.17) is 4.74 Å². The molecular formula is C21H22FN3O3. The normalized spacial score (nSPS) is 22.6. The molecule has 0 radical (unpaired) electrons. The van der Waals surface area contributed by atoms with Crippen LogP contribution >= 0.6 is 0 Å². The molecule has 0 saturated carbocycles. The molecule has 1 atom stereocenters. The van der Waals surface area contributed by atoms with Crippen LogP contribution in [-0.4, -0.2) is 53.5 Å². The van der Waals surface area contributed by atoms with Gasteiger partial charge in [0.25, 0.3) is 11.8 Å². The van der Waals surface area contributed by atoms with E-state index in [1.165, 1.54) is 12.1 Å². The number of carbonyl (C=O) groups excluding carboxylic acids is 2. The highest BCUT2D eigenvalue weighted by molar-refractivity contribution is 5.96. The van der Waals surface area contributed by atoms with Gasteiger partial charge in [0, 0.05) is 24.1 Å². The molecule has 2 aromatic rings. The molecule has 1 spiro atoms. The first-order valence-corrected chi connectivity index (χ1v) is 9.38. The Morgan fingerprint density at radius 3 is 2.68 bits per heavy atom. The van der Waals surface area contributed by atoms with Crippen LogP contribution in [0.3, 0.4) is 0 Å². The Morgan fingerprint density at radius 1 is 1.18 bits per heavy atom. The van der Waals surface area contributed by atoms with Crippen molar-refractivity contribution >= 4 is 17.5 Å². The largest absolute Gasteiger partial charge is 0.361 e. The molecule has 28 heavy (non-hydrogen) atoms. The van der Waals surface area contributed by atoms with Gasteiger partial charge in [-0.15, -0.1) is 0 Å². The molecule has 4 rings (SSSR count). The maximum Gasteiger partial charge on any atom is 0.255 e. The molecule has 2 amide bonds. The Kier molecular flexibility index (Phi) is 4.85. The van der Waals surface area contributed by atoms with Gasteiger partial charge in [-0.3, -0.25) is 14.6 Å². The number of nitrogens with zero attached hydrogens (tertiary/aromatic N) is 3. The minimum Gasteiger partial charge on any atom is -0.361 e. The van der Waals surface area contributed by atoms with E-state index in [9.17, 15) is 14.0 Å². The molecule has 2 aliphatic heterocycles. The summed E-state index contributed by atoms with van der Waals surface area (Å²) in [7, 11) is 0. The van der Waals surface area contributed by atoms with Crippen LogP contribution in [0.1, 0.15) is 28.9 Å². The van der Waals surface area contributed by atoms with Crippen LogP contribution in [0.25, 0.3) is 0 Å². The molecule has 3 heterocycles. The number of morpholine rings is 1. The summed E-state index contributed by atoms with van der Waals surface area (Å²) in [5, 5.41) is 0. The monoisotopic (exact) mass is 383 g/mol. The van der Waals surface area contributed by atoms with Gasteiger partial charge in [0.1, 0.15) is 18.0 Å². The first-order valence-electron chi connectivity index (χ1n) is 9.38. The minimum absolute atomic E-state index is 0.0501. The van der Waals surface area contributed by atoms with Gasteiger partial charge in [0.05, 0.1) is 18.7 Å². The lowest BCUT2D eigenvalue weighted by atomic mass is 9.90. The van der Waals surface area contributed by atoms with E-state index in [0.717, 1.165) is 18.5 Å². The Morgan fingerprint density at radius 2 is 1.96 bits per heavy atom. The summed E-state index contributed by atoms with van der Waals surface area (Å²) in [6.07, 6.45) is 3.14. The van der Waals surface area contributed by atoms with Crippen LogP contribution in [0.15, 0.2) is 42.6 Å². The summed E-state index contributed by atoms with van der Waals surface area (Å²) in [4.78, 5) is 32.9. The molecular weight excluding hydrogens is 361 g/mol. The number of anilines is 1. The lowest BCUT2D eigenvalue weighted by Crippen LogP contribution is -2.62. The number of aryl methyl sites for hydroxylation is 1. The van der Waals surface area contributed by atoms with E-state index in [1.54, 1.807) is 34.2 Å². The third-order valence-corrected chi connectivity index (χ3v) is 5.37. The van der Waals surface area contributed by atoms with Crippen LogP contribution in [0, 0.1) is 12.7 Å². The Hall–Kier alpha value is -2.80. The van der Waals surface area contributed by atoms with Crippen molar-refractivity contribution in [3.05, 3.63) is 59.7 Å². The van der Waals surface area contributed by atoms with Crippen LogP contribution in [0.5, 0.6) is 0 Å². The summed E-state index contributed by atoms with van der Waals surface area (Å²) in [6.45, 7) is 3.22. The zero-order chi connectivity index (χ0) is 19.7. The SMILES string of the molecule is Cc1ccc(C(=O)N2CCCC3(C2)CN(c2ccc(F)cc2)C(=O)CO3)cn1. The van der Waals surface area contributed by atoms with Gasteiger partial charge in [0.2, 0.25) is 0 Å². The number of halogens is 1. The van der Waals surface area contributed by atoms with Crippen molar-refractivity contribution in [2.45, 2.75) is 25.4 Å². The molecule has 2 aliphatic rings. The van der Waals surface area contributed by atoms with Gasteiger partial charge in [-0.25, -0.2) is 4.39 Å².